The smallest absolute Gasteiger partial charge is 0.123 e. The maximum atomic E-state index is 12.8. The van der Waals surface area contributed by atoms with E-state index in [1.54, 1.807) is 12.1 Å². The summed E-state index contributed by atoms with van der Waals surface area (Å²) in [4.78, 5) is 0. The molecule has 0 spiro atoms. The van der Waals surface area contributed by atoms with Gasteiger partial charge in [-0.05, 0) is 48.4 Å². The van der Waals surface area contributed by atoms with Crippen LogP contribution in [0.2, 0.25) is 0 Å². The fraction of sp³-hybridized carbons (Fsp3) is 0.308. The van der Waals surface area contributed by atoms with E-state index >= 15 is 0 Å². The van der Waals surface area contributed by atoms with Crippen LogP contribution in [0.3, 0.4) is 0 Å². The van der Waals surface area contributed by atoms with Crippen molar-refractivity contribution in [2.24, 2.45) is 0 Å². The van der Waals surface area contributed by atoms with Crippen molar-refractivity contribution in [3.8, 4) is 0 Å². The average Bonchev–Trinajstić information content (AvgIpc) is 2.77. The molecule has 1 atom stereocenters. The van der Waals surface area contributed by atoms with Crippen molar-refractivity contribution in [2.45, 2.75) is 25.2 Å². The van der Waals surface area contributed by atoms with Gasteiger partial charge in [0.1, 0.15) is 5.82 Å². The third kappa shape index (κ3) is 1.62. The number of hydrogen-bond acceptors (Lipinski definition) is 1. The second-order valence-corrected chi connectivity index (χ2v) is 4.37. The number of aryl methyl sites for hydroxylation is 1. The van der Waals surface area contributed by atoms with Crippen LogP contribution >= 0.6 is 0 Å². The summed E-state index contributed by atoms with van der Waals surface area (Å²) < 4.78 is 12.8. The Hall–Kier alpha value is -1.64. The molecule has 0 radical (unpaired) electrons. The normalized spacial score (nSPS) is 19.4. The molecule has 0 amide bonds. The zero-order valence-corrected chi connectivity index (χ0v) is 8.91. The van der Waals surface area contributed by atoms with E-state index in [1.165, 1.54) is 16.8 Å². The standard InChI is InChI=1S/C13H13FN2/c14-12-4-1-9(2-5-12)10-3-6-13-11(7-10)8-15-16-13/h1-2,4-5,8,10H,3,6-7H2,(H,15,16). The number of benzene rings is 1. The van der Waals surface area contributed by atoms with Crippen molar-refractivity contribution in [3.05, 3.63) is 53.1 Å². The fourth-order valence-corrected chi connectivity index (χ4v) is 2.44. The highest BCUT2D eigenvalue weighted by Gasteiger charge is 2.21. The number of aromatic amines is 1. The zero-order chi connectivity index (χ0) is 11.0. The Morgan fingerprint density at radius 1 is 1.25 bits per heavy atom. The van der Waals surface area contributed by atoms with Crippen LogP contribution in [0.15, 0.2) is 30.5 Å². The largest absolute Gasteiger partial charge is 0.282 e. The number of fused-ring (bicyclic) bond motifs is 1. The summed E-state index contributed by atoms with van der Waals surface area (Å²) in [5, 5.41) is 7.09. The Kier molecular flexibility index (Phi) is 2.24. The second-order valence-electron chi connectivity index (χ2n) is 4.37. The van der Waals surface area contributed by atoms with E-state index in [-0.39, 0.29) is 5.82 Å². The number of aromatic nitrogens is 2. The van der Waals surface area contributed by atoms with Crippen LogP contribution in [0.25, 0.3) is 0 Å². The summed E-state index contributed by atoms with van der Waals surface area (Å²) in [6, 6.07) is 6.87. The van der Waals surface area contributed by atoms with Crippen molar-refractivity contribution in [3.63, 3.8) is 0 Å². The molecule has 0 saturated heterocycles. The molecule has 1 aromatic heterocycles. The van der Waals surface area contributed by atoms with Crippen molar-refractivity contribution in [1.82, 2.24) is 10.2 Å². The SMILES string of the molecule is Fc1ccc(C2CCc3[nH]ncc3C2)cc1. The third-order valence-electron chi connectivity index (χ3n) is 3.36. The van der Waals surface area contributed by atoms with E-state index < -0.39 is 0 Å². The van der Waals surface area contributed by atoms with E-state index in [0.717, 1.165) is 19.3 Å². The number of halogens is 1. The summed E-state index contributed by atoms with van der Waals surface area (Å²) in [6.07, 6.45) is 5.07. The highest BCUT2D eigenvalue weighted by atomic mass is 19.1. The monoisotopic (exact) mass is 216 g/mol. The summed E-state index contributed by atoms with van der Waals surface area (Å²) in [5.41, 5.74) is 3.80. The zero-order valence-electron chi connectivity index (χ0n) is 8.91. The molecule has 82 valence electrons. The van der Waals surface area contributed by atoms with E-state index in [2.05, 4.69) is 10.2 Å². The topological polar surface area (TPSA) is 28.7 Å². The molecular formula is C13H13FN2. The Balaban J connectivity index is 1.86. The van der Waals surface area contributed by atoms with Crippen LogP contribution in [-0.2, 0) is 12.8 Å². The molecule has 0 saturated carbocycles. The van der Waals surface area contributed by atoms with Crippen LogP contribution in [0.5, 0.6) is 0 Å². The minimum atomic E-state index is -0.163. The molecule has 0 fully saturated rings. The lowest BCUT2D eigenvalue weighted by molar-refractivity contribution is 0.575. The quantitative estimate of drug-likeness (QED) is 0.780. The predicted octanol–water partition coefficient (Wildman–Crippen LogP) is 2.82. The van der Waals surface area contributed by atoms with Gasteiger partial charge in [-0.25, -0.2) is 4.39 Å². The number of nitrogens with one attached hydrogen (secondary N) is 1. The molecule has 16 heavy (non-hydrogen) atoms. The first-order valence-electron chi connectivity index (χ1n) is 5.59. The first-order chi connectivity index (χ1) is 7.83. The third-order valence-corrected chi connectivity index (χ3v) is 3.36. The summed E-state index contributed by atoms with van der Waals surface area (Å²) in [5.74, 6) is 0.342. The molecule has 3 heteroatoms. The van der Waals surface area contributed by atoms with Gasteiger partial charge in [-0.3, -0.25) is 5.10 Å². The summed E-state index contributed by atoms with van der Waals surface area (Å²) in [7, 11) is 0. The average molecular weight is 216 g/mol. The van der Waals surface area contributed by atoms with Gasteiger partial charge in [0.2, 0.25) is 0 Å². The molecule has 0 aliphatic heterocycles. The van der Waals surface area contributed by atoms with E-state index in [0.29, 0.717) is 5.92 Å². The molecule has 1 aliphatic rings. The van der Waals surface area contributed by atoms with Gasteiger partial charge in [-0.1, -0.05) is 12.1 Å². The van der Waals surface area contributed by atoms with Crippen LogP contribution in [-0.4, -0.2) is 10.2 Å². The van der Waals surface area contributed by atoms with E-state index in [9.17, 15) is 4.39 Å². The van der Waals surface area contributed by atoms with Crippen LogP contribution in [0.4, 0.5) is 4.39 Å². The van der Waals surface area contributed by atoms with Crippen LogP contribution < -0.4 is 0 Å². The summed E-state index contributed by atoms with van der Waals surface area (Å²) in [6.45, 7) is 0. The fourth-order valence-electron chi connectivity index (χ4n) is 2.44. The van der Waals surface area contributed by atoms with Crippen LogP contribution in [0.1, 0.15) is 29.2 Å². The highest BCUT2D eigenvalue weighted by Crippen LogP contribution is 2.31. The molecule has 1 aliphatic carbocycles. The minimum Gasteiger partial charge on any atom is -0.282 e. The van der Waals surface area contributed by atoms with Gasteiger partial charge in [0.25, 0.3) is 0 Å². The highest BCUT2D eigenvalue weighted by molar-refractivity contribution is 5.28. The first kappa shape index (κ1) is 9.58. The maximum absolute atomic E-state index is 12.8. The number of hydrogen-bond donors (Lipinski definition) is 1. The van der Waals surface area contributed by atoms with Crippen molar-refractivity contribution < 1.29 is 4.39 Å². The van der Waals surface area contributed by atoms with Crippen molar-refractivity contribution >= 4 is 0 Å². The van der Waals surface area contributed by atoms with E-state index in [4.69, 9.17) is 0 Å². The van der Waals surface area contributed by atoms with Crippen molar-refractivity contribution in [2.75, 3.05) is 0 Å². The molecule has 2 nitrogen and oxygen atoms in total. The Morgan fingerprint density at radius 3 is 2.88 bits per heavy atom. The van der Waals surface area contributed by atoms with Crippen molar-refractivity contribution in [1.29, 1.82) is 0 Å². The van der Waals surface area contributed by atoms with Gasteiger partial charge in [0, 0.05) is 5.69 Å². The van der Waals surface area contributed by atoms with Gasteiger partial charge in [-0.15, -0.1) is 0 Å². The molecule has 1 N–H and O–H groups in total. The molecule has 1 heterocycles. The molecule has 1 unspecified atom stereocenters. The Labute approximate surface area is 93.5 Å². The Bertz CT molecular complexity index is 487. The lowest BCUT2D eigenvalue weighted by Crippen LogP contribution is -2.11. The molecule has 0 bridgehead atoms. The van der Waals surface area contributed by atoms with Gasteiger partial charge in [0.05, 0.1) is 6.20 Å². The number of nitrogens with zero attached hydrogens (tertiary/aromatic N) is 1. The van der Waals surface area contributed by atoms with Crippen LogP contribution in [0, 0.1) is 5.82 Å². The molecule has 2 aromatic rings. The lowest BCUT2D eigenvalue weighted by Gasteiger charge is -2.21. The molecule has 1 aromatic carbocycles. The predicted molar refractivity (Wildman–Crippen MR) is 59.8 cm³/mol. The number of rotatable bonds is 1. The van der Waals surface area contributed by atoms with E-state index in [1.807, 2.05) is 18.3 Å². The maximum Gasteiger partial charge on any atom is 0.123 e. The minimum absolute atomic E-state index is 0.163. The van der Waals surface area contributed by atoms with Gasteiger partial charge in [0.15, 0.2) is 0 Å². The van der Waals surface area contributed by atoms with Gasteiger partial charge < -0.3 is 0 Å². The van der Waals surface area contributed by atoms with Gasteiger partial charge in [-0.2, -0.15) is 5.10 Å². The first-order valence-corrected chi connectivity index (χ1v) is 5.59. The molecular weight excluding hydrogens is 203 g/mol. The second kappa shape index (κ2) is 3.74. The summed E-state index contributed by atoms with van der Waals surface area (Å²) >= 11 is 0. The molecule has 3 rings (SSSR count). The number of H-pyrrole nitrogens is 1. The lowest BCUT2D eigenvalue weighted by atomic mass is 9.83. The Morgan fingerprint density at radius 2 is 2.06 bits per heavy atom. The van der Waals surface area contributed by atoms with Gasteiger partial charge >= 0.3 is 0 Å².